The molecule has 2 nitrogen and oxygen atoms in total. The number of nitrogens with zero attached hydrogens (tertiary/aromatic N) is 1. The molecule has 0 fully saturated rings. The Morgan fingerprint density at radius 2 is 1.88 bits per heavy atom. The van der Waals surface area contributed by atoms with E-state index in [0.29, 0.717) is 6.54 Å². The molecule has 0 radical (unpaired) electrons. The SMILES string of the molecule is CN(CCCBr)C(=O)c1cc(F)cc(F)c1. The number of carbonyl (C=O) groups excluding carboxylic acids is 1. The highest BCUT2D eigenvalue weighted by Gasteiger charge is 2.13. The van der Waals surface area contributed by atoms with Gasteiger partial charge >= 0.3 is 0 Å². The van der Waals surface area contributed by atoms with Crippen LogP contribution in [0.25, 0.3) is 0 Å². The summed E-state index contributed by atoms with van der Waals surface area (Å²) >= 11 is 3.25. The van der Waals surface area contributed by atoms with Crippen LogP contribution in [0.2, 0.25) is 0 Å². The monoisotopic (exact) mass is 291 g/mol. The van der Waals surface area contributed by atoms with Crippen LogP contribution in [0.5, 0.6) is 0 Å². The van der Waals surface area contributed by atoms with Gasteiger partial charge in [-0.05, 0) is 18.6 Å². The molecular formula is C11H12BrF2NO. The fourth-order valence-electron chi connectivity index (χ4n) is 1.30. The average Bonchev–Trinajstić information content (AvgIpc) is 2.23. The largest absolute Gasteiger partial charge is 0.342 e. The van der Waals surface area contributed by atoms with Gasteiger partial charge in [0.15, 0.2) is 0 Å². The molecule has 0 saturated heterocycles. The maximum Gasteiger partial charge on any atom is 0.253 e. The lowest BCUT2D eigenvalue weighted by Crippen LogP contribution is -2.28. The van der Waals surface area contributed by atoms with Crippen LogP contribution in [-0.2, 0) is 0 Å². The Morgan fingerprint density at radius 3 is 2.38 bits per heavy atom. The van der Waals surface area contributed by atoms with Gasteiger partial charge in [0.05, 0.1) is 0 Å². The summed E-state index contributed by atoms with van der Waals surface area (Å²) in [7, 11) is 1.60. The van der Waals surface area contributed by atoms with Crippen LogP contribution >= 0.6 is 15.9 Å². The molecule has 0 saturated carbocycles. The molecule has 0 aliphatic rings. The normalized spacial score (nSPS) is 10.2. The summed E-state index contributed by atoms with van der Waals surface area (Å²) in [6.45, 7) is 0.544. The van der Waals surface area contributed by atoms with Gasteiger partial charge in [-0.1, -0.05) is 15.9 Å². The van der Waals surface area contributed by atoms with Gasteiger partial charge in [0.1, 0.15) is 11.6 Å². The van der Waals surface area contributed by atoms with Crippen LogP contribution in [-0.4, -0.2) is 29.7 Å². The van der Waals surface area contributed by atoms with Crippen LogP contribution in [0.15, 0.2) is 18.2 Å². The van der Waals surface area contributed by atoms with Crippen molar-refractivity contribution in [2.75, 3.05) is 18.9 Å². The van der Waals surface area contributed by atoms with Crippen LogP contribution in [0, 0.1) is 11.6 Å². The molecule has 1 aromatic carbocycles. The number of benzene rings is 1. The molecular weight excluding hydrogens is 280 g/mol. The lowest BCUT2D eigenvalue weighted by atomic mass is 10.2. The lowest BCUT2D eigenvalue weighted by molar-refractivity contribution is 0.0794. The van der Waals surface area contributed by atoms with Gasteiger partial charge in [-0.2, -0.15) is 0 Å². The van der Waals surface area contributed by atoms with Crippen molar-refractivity contribution in [1.29, 1.82) is 0 Å². The minimum Gasteiger partial charge on any atom is -0.342 e. The number of alkyl halides is 1. The first-order valence-corrected chi connectivity index (χ1v) is 5.94. The maximum absolute atomic E-state index is 12.9. The van der Waals surface area contributed by atoms with Gasteiger partial charge in [-0.15, -0.1) is 0 Å². The standard InChI is InChI=1S/C11H12BrF2NO/c1-15(4-2-3-12)11(16)8-5-9(13)7-10(14)6-8/h5-7H,2-4H2,1H3. The van der Waals surface area contributed by atoms with E-state index in [9.17, 15) is 13.6 Å². The van der Waals surface area contributed by atoms with E-state index in [1.54, 1.807) is 7.05 Å². The van der Waals surface area contributed by atoms with E-state index in [1.807, 2.05) is 0 Å². The van der Waals surface area contributed by atoms with Crippen molar-refractivity contribution in [3.63, 3.8) is 0 Å². The third kappa shape index (κ3) is 3.56. The summed E-state index contributed by atoms with van der Waals surface area (Å²) in [5.41, 5.74) is 0.0366. The first-order valence-electron chi connectivity index (χ1n) is 4.82. The summed E-state index contributed by atoms with van der Waals surface area (Å²) in [6.07, 6.45) is 0.792. The molecule has 0 spiro atoms. The van der Waals surface area contributed by atoms with E-state index in [4.69, 9.17) is 0 Å². The highest BCUT2D eigenvalue weighted by molar-refractivity contribution is 9.09. The molecule has 0 aromatic heterocycles. The maximum atomic E-state index is 12.9. The molecule has 88 valence electrons. The fraction of sp³-hybridized carbons (Fsp3) is 0.364. The summed E-state index contributed by atoms with van der Waals surface area (Å²) in [6, 6.07) is 2.82. The summed E-state index contributed by atoms with van der Waals surface area (Å²) in [5, 5.41) is 0.780. The molecule has 0 bridgehead atoms. The second-order valence-electron chi connectivity index (χ2n) is 3.43. The minimum absolute atomic E-state index is 0.0366. The molecule has 0 atom stereocenters. The van der Waals surface area contributed by atoms with E-state index in [2.05, 4.69) is 15.9 Å². The van der Waals surface area contributed by atoms with Crippen LogP contribution in [0.4, 0.5) is 8.78 Å². The van der Waals surface area contributed by atoms with Gasteiger partial charge in [-0.25, -0.2) is 8.78 Å². The molecule has 1 amide bonds. The van der Waals surface area contributed by atoms with E-state index in [1.165, 1.54) is 4.90 Å². The second-order valence-corrected chi connectivity index (χ2v) is 4.22. The number of hydrogen-bond acceptors (Lipinski definition) is 1. The van der Waals surface area contributed by atoms with Crippen LogP contribution in [0.1, 0.15) is 16.8 Å². The molecule has 0 N–H and O–H groups in total. The Hall–Kier alpha value is -0.970. The highest BCUT2D eigenvalue weighted by atomic mass is 79.9. The molecule has 0 unspecified atom stereocenters. The number of rotatable bonds is 4. The van der Waals surface area contributed by atoms with Crippen LogP contribution < -0.4 is 0 Å². The zero-order chi connectivity index (χ0) is 12.1. The van der Waals surface area contributed by atoms with E-state index in [-0.39, 0.29) is 11.5 Å². The summed E-state index contributed by atoms with van der Waals surface area (Å²) < 4.78 is 25.8. The zero-order valence-corrected chi connectivity index (χ0v) is 10.4. The Bertz CT molecular complexity index is 364. The van der Waals surface area contributed by atoms with Crippen molar-refractivity contribution in [2.45, 2.75) is 6.42 Å². The third-order valence-electron chi connectivity index (χ3n) is 2.08. The van der Waals surface area contributed by atoms with Crippen molar-refractivity contribution < 1.29 is 13.6 Å². The summed E-state index contributed by atoms with van der Waals surface area (Å²) in [4.78, 5) is 13.2. The Kier molecular flexibility index (Phi) is 4.86. The van der Waals surface area contributed by atoms with Gasteiger partial charge in [0.2, 0.25) is 0 Å². The number of hydrogen-bond donors (Lipinski definition) is 0. The lowest BCUT2D eigenvalue weighted by Gasteiger charge is -2.16. The quantitative estimate of drug-likeness (QED) is 0.781. The molecule has 5 heteroatoms. The number of halogens is 3. The first-order chi connectivity index (χ1) is 7.54. The van der Waals surface area contributed by atoms with Gasteiger partial charge in [0, 0.05) is 30.6 Å². The van der Waals surface area contributed by atoms with Crippen molar-refractivity contribution >= 4 is 21.8 Å². The Morgan fingerprint density at radius 1 is 1.31 bits per heavy atom. The average molecular weight is 292 g/mol. The zero-order valence-electron chi connectivity index (χ0n) is 8.84. The van der Waals surface area contributed by atoms with Gasteiger partial charge in [0.25, 0.3) is 5.91 Å². The highest BCUT2D eigenvalue weighted by Crippen LogP contribution is 2.10. The van der Waals surface area contributed by atoms with Crippen molar-refractivity contribution in [3.05, 3.63) is 35.4 Å². The first kappa shape index (κ1) is 13.1. The molecule has 1 rings (SSSR count). The van der Waals surface area contributed by atoms with E-state index < -0.39 is 11.6 Å². The number of amides is 1. The molecule has 0 aliphatic heterocycles. The predicted molar refractivity (Wildman–Crippen MR) is 61.7 cm³/mol. The van der Waals surface area contributed by atoms with Crippen molar-refractivity contribution in [2.24, 2.45) is 0 Å². The second kappa shape index (κ2) is 5.94. The topological polar surface area (TPSA) is 20.3 Å². The minimum atomic E-state index is -0.739. The van der Waals surface area contributed by atoms with E-state index >= 15 is 0 Å². The van der Waals surface area contributed by atoms with Crippen LogP contribution in [0.3, 0.4) is 0 Å². The van der Waals surface area contributed by atoms with Gasteiger partial charge in [-0.3, -0.25) is 4.79 Å². The smallest absolute Gasteiger partial charge is 0.253 e. The Balaban J connectivity index is 2.79. The molecule has 0 heterocycles. The van der Waals surface area contributed by atoms with E-state index in [0.717, 1.165) is 30.0 Å². The summed E-state index contributed by atoms with van der Waals surface area (Å²) in [5.74, 6) is -1.85. The molecule has 1 aromatic rings. The number of carbonyl (C=O) groups is 1. The van der Waals surface area contributed by atoms with Crippen molar-refractivity contribution in [3.8, 4) is 0 Å². The molecule has 16 heavy (non-hydrogen) atoms. The predicted octanol–water partition coefficient (Wildman–Crippen LogP) is 2.82. The third-order valence-corrected chi connectivity index (χ3v) is 2.64. The van der Waals surface area contributed by atoms with Gasteiger partial charge < -0.3 is 4.90 Å². The fourth-order valence-corrected chi connectivity index (χ4v) is 1.55. The molecule has 0 aliphatic carbocycles. The van der Waals surface area contributed by atoms with Crippen molar-refractivity contribution in [1.82, 2.24) is 4.90 Å². The Labute approximate surface area is 101 Å².